The Bertz CT molecular complexity index is 1060. The van der Waals surface area contributed by atoms with E-state index in [0.717, 1.165) is 18.3 Å². The van der Waals surface area contributed by atoms with Gasteiger partial charge in [-0.1, -0.05) is 12.1 Å². The smallest absolute Gasteiger partial charge is 0.447 e. The standard InChI is InChI=1S/C17H14F3N3O5S/c18-17(19,20)29(26,27)15-13(5-2-6-21-15)14(24)22-10-11-3-1-4-12(9-11)23-7-8-28-16(23)25/h1-6,9H,7-8,10H2,(H,22,24). The first-order valence-corrected chi connectivity index (χ1v) is 9.67. The fourth-order valence-electron chi connectivity index (χ4n) is 2.63. The predicted molar refractivity (Wildman–Crippen MR) is 93.8 cm³/mol. The summed E-state index contributed by atoms with van der Waals surface area (Å²) in [7, 11) is -5.79. The van der Waals surface area contributed by atoms with Crippen molar-refractivity contribution >= 4 is 27.5 Å². The van der Waals surface area contributed by atoms with Crippen molar-refractivity contribution in [2.45, 2.75) is 17.1 Å². The van der Waals surface area contributed by atoms with Crippen molar-refractivity contribution in [1.82, 2.24) is 10.3 Å². The minimum Gasteiger partial charge on any atom is -0.447 e. The Kier molecular flexibility index (Phi) is 5.46. The van der Waals surface area contributed by atoms with Gasteiger partial charge in [0.2, 0.25) is 0 Å². The summed E-state index contributed by atoms with van der Waals surface area (Å²) in [5, 5.41) is 1.00. The van der Waals surface area contributed by atoms with Gasteiger partial charge in [0.15, 0.2) is 5.03 Å². The highest BCUT2D eigenvalue weighted by atomic mass is 32.2. The van der Waals surface area contributed by atoms with Crippen LogP contribution in [0.15, 0.2) is 47.6 Å². The molecule has 2 amide bonds. The maximum atomic E-state index is 12.8. The fraction of sp³-hybridized carbons (Fsp3) is 0.235. The van der Waals surface area contributed by atoms with Crippen LogP contribution in [0.4, 0.5) is 23.7 Å². The van der Waals surface area contributed by atoms with Gasteiger partial charge in [-0.3, -0.25) is 9.69 Å². The molecule has 8 nitrogen and oxygen atoms in total. The molecule has 3 rings (SSSR count). The number of carbonyl (C=O) groups is 2. The van der Waals surface area contributed by atoms with E-state index < -0.39 is 37.9 Å². The van der Waals surface area contributed by atoms with E-state index in [-0.39, 0.29) is 13.2 Å². The van der Waals surface area contributed by atoms with E-state index in [1.165, 1.54) is 4.90 Å². The fourth-order valence-corrected chi connectivity index (χ4v) is 3.50. The second-order valence-electron chi connectivity index (χ2n) is 5.92. The Balaban J connectivity index is 1.78. The van der Waals surface area contributed by atoms with Crippen LogP contribution in [-0.4, -0.2) is 44.1 Å². The SMILES string of the molecule is O=C(NCc1cccc(N2CCOC2=O)c1)c1cccnc1S(=O)(=O)C(F)(F)F. The lowest BCUT2D eigenvalue weighted by molar-refractivity contribution is -0.0438. The normalized spacial score (nSPS) is 14.6. The maximum absolute atomic E-state index is 12.8. The molecule has 0 saturated carbocycles. The van der Waals surface area contributed by atoms with Gasteiger partial charge in [-0.15, -0.1) is 0 Å². The third-order valence-electron chi connectivity index (χ3n) is 4.01. The first-order chi connectivity index (χ1) is 13.6. The number of rotatable bonds is 5. The Hall–Kier alpha value is -3.15. The number of nitrogens with one attached hydrogen (secondary N) is 1. The van der Waals surface area contributed by atoms with Gasteiger partial charge in [0, 0.05) is 18.4 Å². The van der Waals surface area contributed by atoms with Gasteiger partial charge in [0.05, 0.1) is 12.1 Å². The molecule has 1 N–H and O–H groups in total. The largest absolute Gasteiger partial charge is 0.503 e. The predicted octanol–water partition coefficient (Wildman–Crippen LogP) is 2.26. The average molecular weight is 429 g/mol. The van der Waals surface area contributed by atoms with Crippen LogP contribution in [-0.2, 0) is 21.1 Å². The molecule has 0 atom stereocenters. The molecule has 0 bridgehead atoms. The molecule has 12 heteroatoms. The van der Waals surface area contributed by atoms with Gasteiger partial charge in [-0.25, -0.2) is 18.2 Å². The molecule has 0 radical (unpaired) electrons. The number of nitrogens with zero attached hydrogens (tertiary/aromatic N) is 2. The molecule has 29 heavy (non-hydrogen) atoms. The first-order valence-electron chi connectivity index (χ1n) is 8.19. The molecular weight excluding hydrogens is 415 g/mol. The zero-order chi connectivity index (χ0) is 21.2. The molecule has 1 aliphatic heterocycles. The highest BCUT2D eigenvalue weighted by molar-refractivity contribution is 7.92. The number of ether oxygens (including phenoxy) is 1. The summed E-state index contributed by atoms with van der Waals surface area (Å²) in [6.45, 7) is 0.496. The number of pyridine rings is 1. The van der Waals surface area contributed by atoms with Crippen molar-refractivity contribution in [2.75, 3.05) is 18.1 Å². The molecule has 1 aromatic heterocycles. The van der Waals surface area contributed by atoms with E-state index in [2.05, 4.69) is 10.3 Å². The van der Waals surface area contributed by atoms with Gasteiger partial charge >= 0.3 is 11.6 Å². The van der Waals surface area contributed by atoms with Gasteiger partial charge in [0.1, 0.15) is 6.61 Å². The van der Waals surface area contributed by atoms with Gasteiger partial charge < -0.3 is 10.1 Å². The molecule has 154 valence electrons. The van der Waals surface area contributed by atoms with Gasteiger partial charge in [-0.2, -0.15) is 13.2 Å². The van der Waals surface area contributed by atoms with Crippen LogP contribution < -0.4 is 10.2 Å². The van der Waals surface area contributed by atoms with Crippen molar-refractivity contribution in [3.05, 3.63) is 53.7 Å². The molecule has 1 aromatic carbocycles. The highest BCUT2D eigenvalue weighted by Gasteiger charge is 2.49. The summed E-state index contributed by atoms with van der Waals surface area (Å²) in [4.78, 5) is 28.6. The lowest BCUT2D eigenvalue weighted by Crippen LogP contribution is -2.30. The lowest BCUT2D eigenvalue weighted by atomic mass is 10.2. The van der Waals surface area contributed by atoms with Crippen LogP contribution >= 0.6 is 0 Å². The lowest BCUT2D eigenvalue weighted by Gasteiger charge is -2.14. The number of halogens is 3. The molecule has 0 aliphatic carbocycles. The molecule has 1 fully saturated rings. The second kappa shape index (κ2) is 7.70. The molecule has 2 heterocycles. The maximum Gasteiger partial charge on any atom is 0.503 e. The third kappa shape index (κ3) is 4.16. The topological polar surface area (TPSA) is 106 Å². The summed E-state index contributed by atoms with van der Waals surface area (Å²) in [6, 6.07) is 8.62. The number of anilines is 1. The quantitative estimate of drug-likeness (QED) is 0.782. The molecule has 2 aromatic rings. The number of sulfone groups is 1. The van der Waals surface area contributed by atoms with Crippen LogP contribution in [0.1, 0.15) is 15.9 Å². The van der Waals surface area contributed by atoms with Crippen LogP contribution in [0.25, 0.3) is 0 Å². The number of carbonyl (C=O) groups excluding carboxylic acids is 2. The van der Waals surface area contributed by atoms with Crippen molar-refractivity contribution in [3.63, 3.8) is 0 Å². The number of cyclic esters (lactones) is 1. The molecular formula is C17H14F3N3O5S. The number of benzene rings is 1. The summed E-state index contributed by atoms with van der Waals surface area (Å²) in [5.41, 5.74) is -5.24. The molecule has 0 spiro atoms. The summed E-state index contributed by atoms with van der Waals surface area (Å²) in [5.74, 6) is -1.04. The average Bonchev–Trinajstić information content (AvgIpc) is 3.11. The molecule has 1 saturated heterocycles. The van der Waals surface area contributed by atoms with E-state index in [1.807, 2.05) is 0 Å². The number of alkyl halides is 3. The van der Waals surface area contributed by atoms with Crippen LogP contribution in [0.2, 0.25) is 0 Å². The van der Waals surface area contributed by atoms with Gasteiger partial charge in [0.25, 0.3) is 15.7 Å². The Morgan fingerprint density at radius 2 is 2.00 bits per heavy atom. The van der Waals surface area contributed by atoms with Gasteiger partial charge in [-0.05, 0) is 29.8 Å². The minimum atomic E-state index is -5.79. The summed E-state index contributed by atoms with van der Waals surface area (Å²) < 4.78 is 66.7. The number of hydrogen-bond donors (Lipinski definition) is 1. The molecule has 0 unspecified atom stereocenters. The minimum absolute atomic E-state index is 0.115. The first kappa shape index (κ1) is 20.6. The summed E-state index contributed by atoms with van der Waals surface area (Å²) in [6.07, 6.45) is 0.345. The highest BCUT2D eigenvalue weighted by Crippen LogP contribution is 2.30. The third-order valence-corrected chi connectivity index (χ3v) is 5.45. The number of aromatic nitrogens is 1. The molecule has 1 aliphatic rings. The van der Waals surface area contributed by atoms with E-state index in [9.17, 15) is 31.2 Å². The van der Waals surface area contributed by atoms with Crippen molar-refractivity contribution in [1.29, 1.82) is 0 Å². The van der Waals surface area contributed by atoms with Crippen LogP contribution in [0.5, 0.6) is 0 Å². The van der Waals surface area contributed by atoms with Crippen molar-refractivity contribution in [3.8, 4) is 0 Å². The second-order valence-corrected chi connectivity index (χ2v) is 7.78. The zero-order valence-corrected chi connectivity index (χ0v) is 15.5. The zero-order valence-electron chi connectivity index (χ0n) is 14.6. The number of hydrogen-bond acceptors (Lipinski definition) is 6. The van der Waals surface area contributed by atoms with E-state index in [0.29, 0.717) is 17.8 Å². The van der Waals surface area contributed by atoms with E-state index in [1.54, 1.807) is 24.3 Å². The van der Waals surface area contributed by atoms with Crippen molar-refractivity contribution < 1.29 is 35.9 Å². The monoisotopic (exact) mass is 429 g/mol. The summed E-state index contributed by atoms with van der Waals surface area (Å²) >= 11 is 0. The van der Waals surface area contributed by atoms with E-state index >= 15 is 0 Å². The Morgan fingerprint density at radius 3 is 2.66 bits per heavy atom. The number of amides is 2. The Labute approximate surface area is 163 Å². The van der Waals surface area contributed by atoms with Crippen LogP contribution in [0.3, 0.4) is 0 Å². The van der Waals surface area contributed by atoms with Crippen molar-refractivity contribution in [2.24, 2.45) is 0 Å². The van der Waals surface area contributed by atoms with E-state index in [4.69, 9.17) is 4.74 Å². The van der Waals surface area contributed by atoms with Crippen LogP contribution in [0, 0.1) is 0 Å². The Morgan fingerprint density at radius 1 is 1.24 bits per heavy atom.